The molecule has 36 heavy (non-hydrogen) atoms. The fourth-order valence-corrected chi connectivity index (χ4v) is 5.14. The number of carbonyl (C=O) groups is 2. The van der Waals surface area contributed by atoms with Crippen LogP contribution in [0.4, 0.5) is 13.6 Å². The van der Waals surface area contributed by atoms with Crippen LogP contribution in [0.5, 0.6) is 0 Å². The van der Waals surface area contributed by atoms with Crippen LogP contribution in [0.25, 0.3) is 0 Å². The second kappa shape index (κ2) is 11.9. The summed E-state index contributed by atoms with van der Waals surface area (Å²) in [5.41, 5.74) is 0.484. The molecule has 2 aromatic rings. The maximum Gasteiger partial charge on any atom is 0.418 e. The van der Waals surface area contributed by atoms with E-state index in [0.29, 0.717) is 28.5 Å². The van der Waals surface area contributed by atoms with Gasteiger partial charge in [0.05, 0.1) is 6.04 Å². The topological polar surface area (TPSA) is 49.9 Å². The lowest BCUT2D eigenvalue weighted by Crippen LogP contribution is -2.41. The SMILES string of the molecule is C[C@H](c1ccccc1)N1C(CCCCC(F)F)C(=O)N(C(=O)OC(C)(C)C)C1c1c(Cl)cccc1Cl. The third-order valence-electron chi connectivity index (χ3n) is 6.14. The van der Waals surface area contributed by atoms with E-state index < -0.39 is 36.2 Å². The molecule has 0 radical (unpaired) electrons. The quantitative estimate of drug-likeness (QED) is 0.318. The van der Waals surface area contributed by atoms with E-state index in [1.165, 1.54) is 0 Å². The smallest absolute Gasteiger partial charge is 0.418 e. The lowest BCUT2D eigenvalue weighted by molar-refractivity contribution is -0.129. The molecule has 2 amide bonds. The highest BCUT2D eigenvalue weighted by Gasteiger charge is 2.53. The monoisotopic (exact) mass is 540 g/mol. The zero-order valence-electron chi connectivity index (χ0n) is 20.9. The molecule has 0 aliphatic carbocycles. The molecule has 0 aromatic heterocycles. The normalized spacial score (nSPS) is 19.7. The molecule has 2 aromatic carbocycles. The summed E-state index contributed by atoms with van der Waals surface area (Å²) in [7, 11) is 0. The Labute approximate surface area is 221 Å². The molecule has 0 bridgehead atoms. The number of amides is 2. The zero-order chi connectivity index (χ0) is 26.6. The van der Waals surface area contributed by atoms with E-state index in [9.17, 15) is 18.4 Å². The molecule has 3 atom stereocenters. The Morgan fingerprint density at radius 1 is 1.03 bits per heavy atom. The summed E-state index contributed by atoms with van der Waals surface area (Å²) in [5.74, 6) is -0.468. The average Bonchev–Trinajstić information content (AvgIpc) is 3.07. The highest BCUT2D eigenvalue weighted by atomic mass is 35.5. The van der Waals surface area contributed by atoms with Crippen molar-refractivity contribution >= 4 is 35.2 Å². The van der Waals surface area contributed by atoms with Gasteiger partial charge in [0.25, 0.3) is 5.91 Å². The number of benzene rings is 2. The third-order valence-corrected chi connectivity index (χ3v) is 6.80. The molecule has 5 nitrogen and oxygen atoms in total. The lowest BCUT2D eigenvalue weighted by atomic mass is 10.0. The predicted molar refractivity (Wildman–Crippen MR) is 137 cm³/mol. The Kier molecular flexibility index (Phi) is 9.36. The average molecular weight is 541 g/mol. The number of rotatable bonds is 8. The third kappa shape index (κ3) is 6.55. The van der Waals surface area contributed by atoms with Gasteiger partial charge in [0.1, 0.15) is 11.8 Å². The number of carbonyl (C=O) groups excluding carboxylic acids is 2. The number of halogens is 4. The van der Waals surface area contributed by atoms with E-state index in [4.69, 9.17) is 27.9 Å². The number of hydrogen-bond donors (Lipinski definition) is 0. The Morgan fingerprint density at radius 2 is 1.64 bits per heavy atom. The van der Waals surface area contributed by atoms with Crippen LogP contribution in [-0.4, -0.2) is 39.9 Å². The van der Waals surface area contributed by atoms with Gasteiger partial charge in [0.2, 0.25) is 6.43 Å². The highest BCUT2D eigenvalue weighted by Crippen LogP contribution is 2.47. The van der Waals surface area contributed by atoms with Crippen molar-refractivity contribution in [2.24, 2.45) is 0 Å². The maximum absolute atomic E-state index is 13.9. The molecule has 1 aliphatic rings. The van der Waals surface area contributed by atoms with E-state index in [1.54, 1.807) is 39.0 Å². The number of hydrogen-bond acceptors (Lipinski definition) is 4. The molecule has 0 N–H and O–H groups in total. The molecular formula is C27H32Cl2F2N2O3. The van der Waals surface area contributed by atoms with Crippen molar-refractivity contribution in [2.45, 2.75) is 83.7 Å². The number of imide groups is 1. The summed E-state index contributed by atoms with van der Waals surface area (Å²) in [4.78, 5) is 30.3. The van der Waals surface area contributed by atoms with Crippen LogP contribution in [0.3, 0.4) is 0 Å². The van der Waals surface area contributed by atoms with E-state index in [0.717, 1.165) is 10.5 Å². The lowest BCUT2D eigenvalue weighted by Gasteiger charge is -2.36. The number of ether oxygens (including phenoxy) is 1. The van der Waals surface area contributed by atoms with Gasteiger partial charge < -0.3 is 4.74 Å². The summed E-state index contributed by atoms with van der Waals surface area (Å²) in [6, 6.07) is 13.5. The summed E-state index contributed by atoms with van der Waals surface area (Å²) in [6.07, 6.45) is -3.46. The van der Waals surface area contributed by atoms with Gasteiger partial charge in [-0.1, -0.05) is 66.0 Å². The molecule has 0 saturated carbocycles. The van der Waals surface area contributed by atoms with Gasteiger partial charge in [-0.15, -0.1) is 0 Å². The molecular weight excluding hydrogens is 509 g/mol. The molecule has 1 fully saturated rings. The molecule has 3 rings (SSSR count). The first-order valence-electron chi connectivity index (χ1n) is 12.0. The van der Waals surface area contributed by atoms with E-state index in [1.807, 2.05) is 42.2 Å². The summed E-state index contributed by atoms with van der Waals surface area (Å²) >= 11 is 13.2. The van der Waals surface area contributed by atoms with Crippen molar-refractivity contribution in [3.63, 3.8) is 0 Å². The van der Waals surface area contributed by atoms with Crippen molar-refractivity contribution in [3.05, 3.63) is 69.7 Å². The van der Waals surface area contributed by atoms with Crippen molar-refractivity contribution < 1.29 is 23.1 Å². The van der Waals surface area contributed by atoms with Crippen LogP contribution in [0.1, 0.15) is 76.7 Å². The minimum absolute atomic E-state index is 0.245. The molecule has 2 unspecified atom stereocenters. The first-order chi connectivity index (χ1) is 16.9. The second-order valence-electron chi connectivity index (χ2n) is 9.92. The van der Waals surface area contributed by atoms with Crippen molar-refractivity contribution in [1.82, 2.24) is 9.80 Å². The van der Waals surface area contributed by atoms with Crippen LogP contribution < -0.4 is 0 Å². The maximum atomic E-state index is 13.9. The molecule has 9 heteroatoms. The minimum atomic E-state index is -2.41. The van der Waals surface area contributed by atoms with Gasteiger partial charge >= 0.3 is 6.09 Å². The first-order valence-corrected chi connectivity index (χ1v) is 12.8. The van der Waals surface area contributed by atoms with E-state index in [-0.39, 0.29) is 18.9 Å². The predicted octanol–water partition coefficient (Wildman–Crippen LogP) is 8.03. The van der Waals surface area contributed by atoms with Crippen LogP contribution >= 0.6 is 23.2 Å². The van der Waals surface area contributed by atoms with Crippen LogP contribution in [0, 0.1) is 0 Å². The first kappa shape index (κ1) is 28.4. The fourth-order valence-electron chi connectivity index (χ4n) is 4.54. The van der Waals surface area contributed by atoms with Gasteiger partial charge in [-0.3, -0.25) is 9.69 Å². The van der Waals surface area contributed by atoms with Crippen LogP contribution in [0.15, 0.2) is 48.5 Å². The van der Waals surface area contributed by atoms with Crippen LogP contribution in [-0.2, 0) is 9.53 Å². The van der Waals surface area contributed by atoms with Gasteiger partial charge in [0, 0.05) is 28.1 Å². The molecule has 1 aliphatic heterocycles. The number of alkyl halides is 2. The highest BCUT2D eigenvalue weighted by molar-refractivity contribution is 6.36. The Balaban J connectivity index is 2.13. The van der Waals surface area contributed by atoms with Crippen molar-refractivity contribution in [1.29, 1.82) is 0 Å². The second-order valence-corrected chi connectivity index (χ2v) is 10.7. The minimum Gasteiger partial charge on any atom is -0.443 e. The fraction of sp³-hybridized carbons (Fsp3) is 0.481. The standard InChI is InChI=1S/C27H32Cl2F2N2O3/c1-17(18-11-6-5-7-12-18)32-21(15-8-9-16-22(30)31)25(34)33(26(35)36-27(2,3)4)24(32)23-19(28)13-10-14-20(23)29/h5-7,10-14,17,21-22,24H,8-9,15-16H2,1-4H3/t17-,21?,24?/m1/s1. The van der Waals surface area contributed by atoms with Crippen molar-refractivity contribution in [3.8, 4) is 0 Å². The molecule has 1 heterocycles. The Hall–Kier alpha value is -2.22. The summed E-state index contributed by atoms with van der Waals surface area (Å²) in [6.45, 7) is 7.09. The molecule has 0 spiro atoms. The zero-order valence-corrected chi connectivity index (χ0v) is 22.4. The Morgan fingerprint density at radius 3 is 2.19 bits per heavy atom. The van der Waals surface area contributed by atoms with Gasteiger partial charge in [-0.2, -0.15) is 0 Å². The number of nitrogens with zero attached hydrogens (tertiary/aromatic N) is 2. The molecule has 1 saturated heterocycles. The van der Waals surface area contributed by atoms with Gasteiger partial charge in [-0.25, -0.2) is 18.5 Å². The van der Waals surface area contributed by atoms with E-state index in [2.05, 4.69) is 0 Å². The Bertz CT molecular complexity index is 1040. The largest absolute Gasteiger partial charge is 0.443 e. The van der Waals surface area contributed by atoms with E-state index >= 15 is 0 Å². The van der Waals surface area contributed by atoms with Crippen LogP contribution in [0.2, 0.25) is 10.0 Å². The van der Waals surface area contributed by atoms with Crippen molar-refractivity contribution in [2.75, 3.05) is 0 Å². The number of unbranched alkanes of at least 4 members (excludes halogenated alkanes) is 1. The summed E-state index contributed by atoms with van der Waals surface area (Å²) in [5, 5.41) is 0.606. The van der Waals surface area contributed by atoms with Gasteiger partial charge in [-0.05, 0) is 58.2 Å². The summed E-state index contributed by atoms with van der Waals surface area (Å²) < 4.78 is 31.1. The molecule has 196 valence electrons. The van der Waals surface area contributed by atoms with Gasteiger partial charge in [0.15, 0.2) is 0 Å².